The van der Waals surface area contributed by atoms with E-state index in [1.165, 1.54) is 45.6 Å². The first-order chi connectivity index (χ1) is 9.15. The lowest BCUT2D eigenvalue weighted by Crippen LogP contribution is -2.48. The summed E-state index contributed by atoms with van der Waals surface area (Å²) in [6.45, 7) is 11.5. The summed E-state index contributed by atoms with van der Waals surface area (Å²) in [5.74, 6) is 0. The molecule has 2 N–H and O–H groups in total. The minimum atomic E-state index is -0.0581. The molecule has 19 heavy (non-hydrogen) atoms. The first kappa shape index (κ1) is 16.9. The van der Waals surface area contributed by atoms with Crippen LogP contribution in [0, 0.1) is 0 Å². The average molecular weight is 271 g/mol. The van der Waals surface area contributed by atoms with Crippen molar-refractivity contribution in [2.45, 2.75) is 45.1 Å². The summed E-state index contributed by atoms with van der Waals surface area (Å²) in [6.07, 6.45) is 4.52. The smallest absolute Gasteiger partial charge is 0.0613 e. The van der Waals surface area contributed by atoms with E-state index in [0.717, 1.165) is 19.4 Å². The van der Waals surface area contributed by atoms with Crippen LogP contribution in [0.5, 0.6) is 0 Å². The number of nitrogens with one attached hydrogen (secondary N) is 1. The van der Waals surface area contributed by atoms with Crippen molar-refractivity contribution in [1.82, 2.24) is 15.1 Å². The van der Waals surface area contributed by atoms with Crippen molar-refractivity contribution in [3.05, 3.63) is 0 Å². The third kappa shape index (κ3) is 5.78. The van der Waals surface area contributed by atoms with Crippen molar-refractivity contribution in [1.29, 1.82) is 0 Å². The van der Waals surface area contributed by atoms with E-state index >= 15 is 0 Å². The summed E-state index contributed by atoms with van der Waals surface area (Å²) in [5, 5.41) is 13.1. The number of rotatable bonds is 8. The SMILES string of the molecule is CCNC(CC)(CO)CCCN1CCCN(C)CC1. The van der Waals surface area contributed by atoms with Gasteiger partial charge in [0.1, 0.15) is 0 Å². The van der Waals surface area contributed by atoms with Gasteiger partial charge in [-0.05, 0) is 58.9 Å². The van der Waals surface area contributed by atoms with E-state index in [1.54, 1.807) is 0 Å². The monoisotopic (exact) mass is 271 g/mol. The largest absolute Gasteiger partial charge is 0.394 e. The Balaban J connectivity index is 2.31. The van der Waals surface area contributed by atoms with Gasteiger partial charge in [0.05, 0.1) is 6.61 Å². The van der Waals surface area contributed by atoms with Crippen LogP contribution < -0.4 is 5.32 Å². The third-order valence-electron chi connectivity index (χ3n) is 4.47. The fourth-order valence-corrected chi connectivity index (χ4v) is 2.98. The van der Waals surface area contributed by atoms with Gasteiger partial charge in [0.15, 0.2) is 0 Å². The zero-order valence-electron chi connectivity index (χ0n) is 13.1. The van der Waals surface area contributed by atoms with Gasteiger partial charge in [-0.2, -0.15) is 0 Å². The van der Waals surface area contributed by atoms with Gasteiger partial charge in [0.25, 0.3) is 0 Å². The highest BCUT2D eigenvalue weighted by molar-refractivity contribution is 4.86. The molecule has 0 bridgehead atoms. The van der Waals surface area contributed by atoms with Crippen LogP contribution >= 0.6 is 0 Å². The van der Waals surface area contributed by atoms with Crippen molar-refractivity contribution in [3.8, 4) is 0 Å². The zero-order chi connectivity index (χ0) is 14.1. The van der Waals surface area contributed by atoms with E-state index in [-0.39, 0.29) is 12.1 Å². The molecule has 1 saturated heterocycles. The van der Waals surface area contributed by atoms with Crippen LogP contribution in [0.3, 0.4) is 0 Å². The van der Waals surface area contributed by atoms with Gasteiger partial charge in [0.2, 0.25) is 0 Å². The molecular formula is C15H33N3O. The van der Waals surface area contributed by atoms with Crippen LogP contribution in [-0.2, 0) is 0 Å². The van der Waals surface area contributed by atoms with Crippen LogP contribution in [0.2, 0.25) is 0 Å². The van der Waals surface area contributed by atoms with E-state index in [9.17, 15) is 5.11 Å². The molecule has 0 aromatic carbocycles. The van der Waals surface area contributed by atoms with Crippen LogP contribution in [0.4, 0.5) is 0 Å². The molecule has 1 fully saturated rings. The summed E-state index contributed by atoms with van der Waals surface area (Å²) >= 11 is 0. The zero-order valence-corrected chi connectivity index (χ0v) is 13.1. The summed E-state index contributed by atoms with van der Waals surface area (Å²) in [4.78, 5) is 5.00. The maximum atomic E-state index is 9.64. The van der Waals surface area contributed by atoms with Crippen molar-refractivity contribution >= 4 is 0 Å². The molecule has 0 saturated carbocycles. The van der Waals surface area contributed by atoms with Crippen LogP contribution in [0.15, 0.2) is 0 Å². The molecule has 0 aromatic heterocycles. The fraction of sp³-hybridized carbons (Fsp3) is 1.00. The van der Waals surface area contributed by atoms with E-state index in [1.807, 2.05) is 0 Å². The molecule has 1 unspecified atom stereocenters. The molecule has 1 heterocycles. The second kappa shape index (κ2) is 8.90. The normalized spacial score (nSPS) is 22.1. The first-order valence-corrected chi connectivity index (χ1v) is 7.92. The molecule has 1 aliphatic rings. The van der Waals surface area contributed by atoms with Crippen LogP contribution in [-0.4, -0.2) is 73.4 Å². The standard InChI is InChI=1S/C15H33N3O/c1-4-15(14-19,16-5-2)8-6-10-18-11-7-9-17(3)12-13-18/h16,19H,4-14H2,1-3H3. The summed E-state index contributed by atoms with van der Waals surface area (Å²) in [6, 6.07) is 0. The van der Waals surface area contributed by atoms with Gasteiger partial charge in [-0.3, -0.25) is 0 Å². The molecule has 114 valence electrons. The molecule has 0 spiro atoms. The molecule has 4 nitrogen and oxygen atoms in total. The van der Waals surface area contributed by atoms with Crippen molar-refractivity contribution < 1.29 is 5.11 Å². The Kier molecular flexibility index (Phi) is 7.91. The maximum absolute atomic E-state index is 9.64. The van der Waals surface area contributed by atoms with Gasteiger partial charge >= 0.3 is 0 Å². The number of aliphatic hydroxyl groups is 1. The third-order valence-corrected chi connectivity index (χ3v) is 4.47. The highest BCUT2D eigenvalue weighted by Gasteiger charge is 2.25. The van der Waals surface area contributed by atoms with Gasteiger partial charge in [-0.25, -0.2) is 0 Å². The molecule has 0 aliphatic carbocycles. The Morgan fingerprint density at radius 3 is 2.58 bits per heavy atom. The Morgan fingerprint density at radius 1 is 1.16 bits per heavy atom. The van der Waals surface area contributed by atoms with Gasteiger partial charge in [0, 0.05) is 18.6 Å². The lowest BCUT2D eigenvalue weighted by Gasteiger charge is -2.32. The second-order valence-electron chi connectivity index (χ2n) is 5.92. The number of nitrogens with zero attached hydrogens (tertiary/aromatic N) is 2. The Morgan fingerprint density at radius 2 is 1.95 bits per heavy atom. The number of hydrogen-bond donors (Lipinski definition) is 2. The molecule has 0 aromatic rings. The Hall–Kier alpha value is -0.160. The minimum Gasteiger partial charge on any atom is -0.394 e. The molecule has 0 amide bonds. The van der Waals surface area contributed by atoms with E-state index in [4.69, 9.17) is 0 Å². The second-order valence-corrected chi connectivity index (χ2v) is 5.92. The minimum absolute atomic E-state index is 0.0581. The van der Waals surface area contributed by atoms with E-state index in [2.05, 4.69) is 36.0 Å². The molecule has 4 heteroatoms. The number of hydrogen-bond acceptors (Lipinski definition) is 4. The van der Waals surface area contributed by atoms with Crippen LogP contribution in [0.1, 0.15) is 39.5 Å². The highest BCUT2D eigenvalue weighted by atomic mass is 16.3. The average Bonchev–Trinajstić information content (AvgIpc) is 2.63. The van der Waals surface area contributed by atoms with E-state index in [0.29, 0.717) is 0 Å². The van der Waals surface area contributed by atoms with Crippen LogP contribution in [0.25, 0.3) is 0 Å². The van der Waals surface area contributed by atoms with Gasteiger partial charge < -0.3 is 20.2 Å². The lowest BCUT2D eigenvalue weighted by molar-refractivity contribution is 0.140. The first-order valence-electron chi connectivity index (χ1n) is 7.92. The van der Waals surface area contributed by atoms with E-state index < -0.39 is 0 Å². The summed E-state index contributed by atoms with van der Waals surface area (Å²) in [5.41, 5.74) is -0.0581. The van der Waals surface area contributed by atoms with Crippen molar-refractivity contribution in [2.24, 2.45) is 0 Å². The Bertz CT molecular complexity index is 231. The van der Waals surface area contributed by atoms with Gasteiger partial charge in [-0.15, -0.1) is 0 Å². The number of aliphatic hydroxyl groups excluding tert-OH is 1. The molecule has 1 rings (SSSR count). The summed E-state index contributed by atoms with van der Waals surface area (Å²) in [7, 11) is 2.21. The predicted octanol–water partition coefficient (Wildman–Crippen LogP) is 1.15. The van der Waals surface area contributed by atoms with Crippen molar-refractivity contribution in [3.63, 3.8) is 0 Å². The molecular weight excluding hydrogens is 238 g/mol. The maximum Gasteiger partial charge on any atom is 0.0613 e. The molecule has 0 radical (unpaired) electrons. The highest BCUT2D eigenvalue weighted by Crippen LogP contribution is 2.17. The predicted molar refractivity (Wildman–Crippen MR) is 81.6 cm³/mol. The quantitative estimate of drug-likeness (QED) is 0.695. The topological polar surface area (TPSA) is 38.7 Å². The van der Waals surface area contributed by atoms with Gasteiger partial charge in [-0.1, -0.05) is 13.8 Å². The summed E-state index contributed by atoms with van der Waals surface area (Å²) < 4.78 is 0. The lowest BCUT2D eigenvalue weighted by atomic mass is 9.91. The number of likely N-dealkylation sites (N-methyl/N-ethyl adjacent to an activating group) is 2. The Labute approximate surface area is 119 Å². The molecule has 1 aliphatic heterocycles. The fourth-order valence-electron chi connectivity index (χ4n) is 2.98. The molecule has 1 atom stereocenters. The van der Waals surface area contributed by atoms with Crippen molar-refractivity contribution in [2.75, 3.05) is 52.9 Å².